The molecule has 3 aromatic rings. The average molecular weight is 357 g/mol. The summed E-state index contributed by atoms with van der Waals surface area (Å²) in [5, 5.41) is 26.7. The van der Waals surface area contributed by atoms with Gasteiger partial charge in [-0.3, -0.25) is 9.67 Å². The standard InChI is InChI=1S/C18H19N3O3S/c1-3-9-24-16-11(2)5-4-6-14(16)21-17(19-20-18(21)25)13-8-7-12(22)10-15(13)23/h4-8,10,22-23H,3,9H2,1-2H3,(H,20,25). The van der Waals surface area contributed by atoms with E-state index in [-0.39, 0.29) is 11.5 Å². The van der Waals surface area contributed by atoms with Crippen molar-refractivity contribution in [3.05, 3.63) is 46.7 Å². The molecule has 25 heavy (non-hydrogen) atoms. The summed E-state index contributed by atoms with van der Waals surface area (Å²) in [5.41, 5.74) is 2.18. The van der Waals surface area contributed by atoms with Gasteiger partial charge in [-0.15, -0.1) is 0 Å². The highest BCUT2D eigenvalue weighted by Gasteiger charge is 2.18. The highest BCUT2D eigenvalue weighted by Crippen LogP contribution is 2.35. The lowest BCUT2D eigenvalue weighted by atomic mass is 10.1. The molecule has 0 fully saturated rings. The Kier molecular flexibility index (Phi) is 4.76. The minimum atomic E-state index is -0.0843. The average Bonchev–Trinajstić information content (AvgIpc) is 2.95. The van der Waals surface area contributed by atoms with Crippen LogP contribution in [-0.2, 0) is 0 Å². The Morgan fingerprint density at radius 1 is 1.24 bits per heavy atom. The summed E-state index contributed by atoms with van der Waals surface area (Å²) in [4.78, 5) is 0. The summed E-state index contributed by atoms with van der Waals surface area (Å²) in [7, 11) is 0. The van der Waals surface area contributed by atoms with Crippen LogP contribution < -0.4 is 4.74 Å². The molecule has 1 heterocycles. The van der Waals surface area contributed by atoms with Crippen molar-refractivity contribution in [3.8, 4) is 34.3 Å². The van der Waals surface area contributed by atoms with E-state index in [1.807, 2.05) is 32.0 Å². The maximum Gasteiger partial charge on any atom is 0.200 e. The van der Waals surface area contributed by atoms with Crippen molar-refractivity contribution in [3.63, 3.8) is 0 Å². The van der Waals surface area contributed by atoms with Gasteiger partial charge in [0.1, 0.15) is 17.2 Å². The summed E-state index contributed by atoms with van der Waals surface area (Å²) in [6, 6.07) is 10.1. The molecule has 0 unspecified atom stereocenters. The van der Waals surface area contributed by atoms with Crippen molar-refractivity contribution >= 4 is 12.2 Å². The van der Waals surface area contributed by atoms with E-state index in [1.54, 1.807) is 10.6 Å². The molecule has 7 heteroatoms. The summed E-state index contributed by atoms with van der Waals surface area (Å²) in [6.45, 7) is 4.60. The molecule has 0 radical (unpaired) electrons. The second-order valence-corrected chi connectivity index (χ2v) is 6.05. The van der Waals surface area contributed by atoms with Crippen LogP contribution in [0, 0.1) is 11.7 Å². The Balaban J connectivity index is 2.22. The van der Waals surface area contributed by atoms with Crippen LogP contribution in [0.3, 0.4) is 0 Å². The number of phenols is 2. The number of hydrogen-bond acceptors (Lipinski definition) is 5. The van der Waals surface area contributed by atoms with Crippen molar-refractivity contribution in [2.75, 3.05) is 6.61 Å². The molecule has 0 atom stereocenters. The SMILES string of the molecule is CCCOc1c(C)cccc1-n1c(-c2ccc(O)cc2O)n[nH]c1=S. The lowest BCUT2D eigenvalue weighted by Gasteiger charge is -2.16. The van der Waals surface area contributed by atoms with Crippen molar-refractivity contribution in [1.29, 1.82) is 0 Å². The molecule has 3 rings (SSSR count). The van der Waals surface area contributed by atoms with E-state index >= 15 is 0 Å². The van der Waals surface area contributed by atoms with E-state index < -0.39 is 0 Å². The minimum absolute atomic E-state index is 0.0237. The second-order valence-electron chi connectivity index (χ2n) is 5.66. The zero-order valence-corrected chi connectivity index (χ0v) is 14.8. The number of nitrogens with one attached hydrogen (secondary N) is 1. The fourth-order valence-corrected chi connectivity index (χ4v) is 2.85. The van der Waals surface area contributed by atoms with E-state index in [0.717, 1.165) is 23.4 Å². The van der Waals surface area contributed by atoms with Crippen molar-refractivity contribution < 1.29 is 14.9 Å². The Morgan fingerprint density at radius 2 is 2.04 bits per heavy atom. The fourth-order valence-electron chi connectivity index (χ4n) is 2.62. The van der Waals surface area contributed by atoms with Crippen LogP contribution >= 0.6 is 12.2 Å². The van der Waals surface area contributed by atoms with E-state index in [4.69, 9.17) is 17.0 Å². The molecule has 0 aliphatic rings. The molecule has 2 aromatic carbocycles. The quantitative estimate of drug-likeness (QED) is 0.599. The molecule has 0 bridgehead atoms. The molecule has 0 saturated heterocycles. The third kappa shape index (κ3) is 3.23. The Morgan fingerprint density at radius 3 is 2.76 bits per heavy atom. The van der Waals surface area contributed by atoms with E-state index in [9.17, 15) is 10.2 Å². The van der Waals surface area contributed by atoms with Gasteiger partial charge in [0.25, 0.3) is 0 Å². The van der Waals surface area contributed by atoms with Crippen molar-refractivity contribution in [2.45, 2.75) is 20.3 Å². The largest absolute Gasteiger partial charge is 0.508 e. The number of hydrogen-bond donors (Lipinski definition) is 3. The lowest BCUT2D eigenvalue weighted by molar-refractivity contribution is 0.314. The number of para-hydroxylation sites is 1. The van der Waals surface area contributed by atoms with Gasteiger partial charge in [-0.1, -0.05) is 19.1 Å². The highest BCUT2D eigenvalue weighted by atomic mass is 32.1. The van der Waals surface area contributed by atoms with Crippen LogP contribution in [0.25, 0.3) is 17.1 Å². The van der Waals surface area contributed by atoms with Gasteiger partial charge in [0.15, 0.2) is 10.6 Å². The molecule has 0 aliphatic carbocycles. The predicted molar refractivity (Wildman–Crippen MR) is 98.0 cm³/mol. The van der Waals surface area contributed by atoms with Crippen molar-refractivity contribution in [2.24, 2.45) is 0 Å². The third-order valence-corrected chi connectivity index (χ3v) is 4.05. The molecule has 1 aromatic heterocycles. The number of aromatic nitrogens is 3. The summed E-state index contributed by atoms with van der Waals surface area (Å²) in [5.74, 6) is 1.05. The highest BCUT2D eigenvalue weighted by molar-refractivity contribution is 7.71. The summed E-state index contributed by atoms with van der Waals surface area (Å²) < 4.78 is 8.03. The monoisotopic (exact) mass is 357 g/mol. The fraction of sp³-hybridized carbons (Fsp3) is 0.222. The van der Waals surface area contributed by atoms with Gasteiger partial charge in [0.05, 0.1) is 17.9 Å². The van der Waals surface area contributed by atoms with Crippen molar-refractivity contribution in [1.82, 2.24) is 14.8 Å². The molecular formula is C18H19N3O3S. The van der Waals surface area contributed by atoms with Gasteiger partial charge in [-0.2, -0.15) is 5.10 Å². The number of nitrogens with zero attached hydrogens (tertiary/aromatic N) is 2. The Bertz CT molecular complexity index is 962. The van der Waals surface area contributed by atoms with E-state index in [2.05, 4.69) is 10.2 Å². The number of rotatable bonds is 5. The first-order chi connectivity index (χ1) is 12.0. The molecule has 3 N–H and O–H groups in total. The number of ether oxygens (including phenoxy) is 1. The molecule has 130 valence electrons. The first-order valence-corrected chi connectivity index (χ1v) is 8.36. The van der Waals surface area contributed by atoms with Gasteiger partial charge in [-0.25, -0.2) is 0 Å². The molecule has 0 spiro atoms. The molecule has 0 saturated carbocycles. The Labute approximate surface area is 150 Å². The maximum absolute atomic E-state index is 10.2. The summed E-state index contributed by atoms with van der Waals surface area (Å²) in [6.07, 6.45) is 0.885. The minimum Gasteiger partial charge on any atom is -0.508 e. The van der Waals surface area contributed by atoms with Crippen LogP contribution in [0.4, 0.5) is 0 Å². The van der Waals surface area contributed by atoms with Gasteiger partial charge >= 0.3 is 0 Å². The Hall–Kier alpha value is -2.80. The van der Waals surface area contributed by atoms with Gasteiger partial charge in [0, 0.05) is 6.07 Å². The third-order valence-electron chi connectivity index (χ3n) is 3.78. The van der Waals surface area contributed by atoms with Gasteiger partial charge in [-0.05, 0) is 49.3 Å². The molecule has 6 nitrogen and oxygen atoms in total. The number of aromatic amines is 1. The van der Waals surface area contributed by atoms with Gasteiger partial charge < -0.3 is 14.9 Å². The van der Waals surface area contributed by atoms with Crippen LogP contribution in [0.15, 0.2) is 36.4 Å². The topological polar surface area (TPSA) is 83.3 Å². The molecule has 0 amide bonds. The zero-order chi connectivity index (χ0) is 18.0. The first-order valence-electron chi connectivity index (χ1n) is 7.95. The number of phenolic OH excluding ortho intramolecular Hbond substituents is 2. The number of aryl methyl sites for hydroxylation is 1. The predicted octanol–water partition coefficient (Wildman–Crippen LogP) is 4.11. The maximum atomic E-state index is 10.2. The molecular weight excluding hydrogens is 338 g/mol. The van der Waals surface area contributed by atoms with Crippen LogP contribution in [0.2, 0.25) is 0 Å². The second kappa shape index (κ2) is 6.98. The number of benzene rings is 2. The molecule has 0 aliphatic heterocycles. The van der Waals surface area contributed by atoms with Crippen LogP contribution in [0.5, 0.6) is 17.2 Å². The van der Waals surface area contributed by atoms with E-state index in [1.165, 1.54) is 12.1 Å². The zero-order valence-electron chi connectivity index (χ0n) is 14.0. The normalized spacial score (nSPS) is 10.8. The van der Waals surface area contributed by atoms with Gasteiger partial charge in [0.2, 0.25) is 0 Å². The summed E-state index contributed by atoms with van der Waals surface area (Å²) >= 11 is 5.40. The van der Waals surface area contributed by atoms with Crippen LogP contribution in [0.1, 0.15) is 18.9 Å². The number of H-pyrrole nitrogens is 1. The smallest absolute Gasteiger partial charge is 0.200 e. The first kappa shape index (κ1) is 17.0. The number of aromatic hydroxyl groups is 2. The van der Waals surface area contributed by atoms with Crippen LogP contribution in [-0.4, -0.2) is 31.6 Å². The van der Waals surface area contributed by atoms with E-state index in [0.29, 0.717) is 22.8 Å². The lowest BCUT2D eigenvalue weighted by Crippen LogP contribution is -2.05.